The number of anilines is 1. The third-order valence-corrected chi connectivity index (χ3v) is 4.80. The van der Waals surface area contributed by atoms with Crippen LogP contribution in [0.3, 0.4) is 0 Å². The van der Waals surface area contributed by atoms with E-state index in [0.29, 0.717) is 28.5 Å². The minimum absolute atomic E-state index is 0.00568. The number of nitrogens with zero attached hydrogens (tertiary/aromatic N) is 3. The Morgan fingerprint density at radius 2 is 1.87 bits per heavy atom. The number of amides is 1. The van der Waals surface area contributed by atoms with Crippen LogP contribution in [0.1, 0.15) is 42.4 Å². The van der Waals surface area contributed by atoms with E-state index in [4.69, 9.17) is 4.42 Å². The minimum Gasteiger partial charge on any atom is -0.463 e. The van der Waals surface area contributed by atoms with Gasteiger partial charge < -0.3 is 9.73 Å². The van der Waals surface area contributed by atoms with Gasteiger partial charge in [0.05, 0.1) is 6.26 Å². The summed E-state index contributed by atoms with van der Waals surface area (Å²) in [6, 6.07) is 14.0. The molecule has 158 valence electrons. The fourth-order valence-corrected chi connectivity index (χ4v) is 3.15. The highest BCUT2D eigenvalue weighted by Gasteiger charge is 2.19. The number of carbonyl (C=O) groups excluding carboxylic acids is 1. The smallest absolute Gasteiger partial charge is 0.256 e. The Morgan fingerprint density at radius 3 is 2.48 bits per heavy atom. The monoisotopic (exact) mass is 417 g/mol. The number of H-pyrrole nitrogens is 1. The number of nitrogens with one attached hydrogen (secondary N) is 2. The molecule has 31 heavy (non-hydrogen) atoms. The summed E-state index contributed by atoms with van der Waals surface area (Å²) < 4.78 is 6.81. The number of aromatic amines is 1. The molecule has 1 amide bonds. The molecule has 0 spiro atoms. The summed E-state index contributed by atoms with van der Waals surface area (Å²) in [4.78, 5) is 31.9. The van der Waals surface area contributed by atoms with E-state index in [0.717, 1.165) is 5.56 Å². The summed E-state index contributed by atoms with van der Waals surface area (Å²) in [5.74, 6) is 0.771. The van der Waals surface area contributed by atoms with Crippen molar-refractivity contribution in [1.29, 1.82) is 0 Å². The molecule has 0 radical (unpaired) electrons. The molecule has 0 aliphatic carbocycles. The minimum atomic E-state index is -0.312. The van der Waals surface area contributed by atoms with Crippen LogP contribution in [-0.2, 0) is 5.41 Å². The van der Waals surface area contributed by atoms with E-state index < -0.39 is 0 Å². The van der Waals surface area contributed by atoms with Crippen molar-refractivity contribution in [2.24, 2.45) is 0 Å². The van der Waals surface area contributed by atoms with Gasteiger partial charge in [-0.2, -0.15) is 9.78 Å². The molecule has 8 nitrogen and oxygen atoms in total. The Labute approximate surface area is 179 Å². The molecule has 1 aromatic carbocycles. The Bertz CT molecular complexity index is 1280. The molecule has 0 fully saturated rings. The van der Waals surface area contributed by atoms with Gasteiger partial charge in [-0.1, -0.05) is 32.9 Å². The molecular formula is C23H23N5O3. The van der Waals surface area contributed by atoms with Gasteiger partial charge in [0.2, 0.25) is 5.95 Å². The fraction of sp³-hybridized carbons (Fsp3) is 0.217. The number of hydrogen-bond acceptors (Lipinski definition) is 5. The van der Waals surface area contributed by atoms with Crippen molar-refractivity contribution in [2.45, 2.75) is 33.1 Å². The highest BCUT2D eigenvalue weighted by Crippen LogP contribution is 2.25. The summed E-state index contributed by atoms with van der Waals surface area (Å²) in [6.07, 6.45) is 1.54. The van der Waals surface area contributed by atoms with Crippen LogP contribution in [0, 0.1) is 6.92 Å². The zero-order valence-corrected chi connectivity index (χ0v) is 17.8. The quantitative estimate of drug-likeness (QED) is 0.521. The molecule has 0 aliphatic rings. The van der Waals surface area contributed by atoms with Gasteiger partial charge in [0.15, 0.2) is 5.76 Å². The van der Waals surface area contributed by atoms with Crippen LogP contribution in [0.4, 0.5) is 5.82 Å². The molecule has 0 bridgehead atoms. The maximum atomic E-state index is 12.9. The molecule has 0 saturated heterocycles. The van der Waals surface area contributed by atoms with Gasteiger partial charge in [-0.05, 0) is 42.2 Å². The maximum Gasteiger partial charge on any atom is 0.256 e. The Kier molecular flexibility index (Phi) is 5.06. The predicted molar refractivity (Wildman–Crippen MR) is 118 cm³/mol. The Morgan fingerprint density at radius 1 is 1.13 bits per heavy atom. The molecular weight excluding hydrogens is 394 g/mol. The number of aromatic nitrogens is 4. The average molecular weight is 417 g/mol. The maximum absolute atomic E-state index is 12.9. The molecule has 3 aromatic heterocycles. The lowest BCUT2D eigenvalue weighted by Gasteiger charge is -2.19. The van der Waals surface area contributed by atoms with Crippen LogP contribution in [0.25, 0.3) is 17.4 Å². The van der Waals surface area contributed by atoms with Gasteiger partial charge in [-0.15, -0.1) is 0 Å². The van der Waals surface area contributed by atoms with Gasteiger partial charge in [0.25, 0.3) is 11.5 Å². The van der Waals surface area contributed by atoms with Crippen molar-refractivity contribution in [3.05, 3.63) is 82.0 Å². The average Bonchev–Trinajstić information content (AvgIpc) is 3.36. The fourth-order valence-electron chi connectivity index (χ4n) is 3.15. The first-order chi connectivity index (χ1) is 14.7. The first kappa shape index (κ1) is 20.3. The first-order valence-corrected chi connectivity index (χ1v) is 9.85. The Balaban J connectivity index is 1.71. The normalized spacial score (nSPS) is 11.5. The molecule has 3 heterocycles. The number of rotatable bonds is 4. The summed E-state index contributed by atoms with van der Waals surface area (Å²) in [7, 11) is 0. The van der Waals surface area contributed by atoms with E-state index in [-0.39, 0.29) is 22.8 Å². The number of carbonyl (C=O) groups is 1. The molecule has 0 saturated carbocycles. The number of furan rings is 1. The van der Waals surface area contributed by atoms with Crippen molar-refractivity contribution in [2.75, 3.05) is 5.32 Å². The molecule has 4 aromatic rings. The largest absolute Gasteiger partial charge is 0.463 e. The highest BCUT2D eigenvalue weighted by atomic mass is 16.3. The van der Waals surface area contributed by atoms with Crippen LogP contribution in [0.2, 0.25) is 0 Å². The van der Waals surface area contributed by atoms with Gasteiger partial charge in [0.1, 0.15) is 11.5 Å². The second-order valence-corrected chi connectivity index (χ2v) is 8.30. The Hall–Kier alpha value is -3.94. The van der Waals surface area contributed by atoms with E-state index >= 15 is 0 Å². The third-order valence-electron chi connectivity index (χ3n) is 4.80. The van der Waals surface area contributed by atoms with Crippen LogP contribution in [-0.4, -0.2) is 25.7 Å². The molecule has 2 N–H and O–H groups in total. The summed E-state index contributed by atoms with van der Waals surface area (Å²) in [5.41, 5.74) is 2.35. The van der Waals surface area contributed by atoms with Crippen molar-refractivity contribution in [1.82, 2.24) is 19.7 Å². The van der Waals surface area contributed by atoms with Crippen molar-refractivity contribution < 1.29 is 9.21 Å². The van der Waals surface area contributed by atoms with Crippen molar-refractivity contribution in [3.63, 3.8) is 0 Å². The number of benzene rings is 1. The van der Waals surface area contributed by atoms with E-state index in [9.17, 15) is 9.59 Å². The SMILES string of the molecule is Cc1cc(=O)[nH]c(-n2nc(-c3ccco3)cc2NC(=O)c2ccc(C(C)(C)C)cc2)n1. The zero-order valence-electron chi connectivity index (χ0n) is 17.8. The van der Waals surface area contributed by atoms with Crippen molar-refractivity contribution >= 4 is 11.7 Å². The van der Waals surface area contributed by atoms with Crippen LogP contribution in [0.15, 0.2) is 64.0 Å². The second-order valence-electron chi connectivity index (χ2n) is 8.30. The molecule has 4 rings (SSSR count). The topological polar surface area (TPSA) is 106 Å². The van der Waals surface area contributed by atoms with Gasteiger partial charge in [-0.3, -0.25) is 14.6 Å². The summed E-state index contributed by atoms with van der Waals surface area (Å²) >= 11 is 0. The van der Waals surface area contributed by atoms with Gasteiger partial charge in [-0.25, -0.2) is 4.98 Å². The van der Waals surface area contributed by atoms with Crippen LogP contribution >= 0.6 is 0 Å². The lowest BCUT2D eigenvalue weighted by Crippen LogP contribution is -2.19. The second kappa shape index (κ2) is 7.71. The van der Waals surface area contributed by atoms with E-state index in [2.05, 4.69) is 41.2 Å². The van der Waals surface area contributed by atoms with Crippen molar-refractivity contribution in [3.8, 4) is 17.4 Å². The van der Waals surface area contributed by atoms with Crippen LogP contribution in [0.5, 0.6) is 0 Å². The molecule has 0 aliphatic heterocycles. The van der Waals surface area contributed by atoms with E-state index in [1.165, 1.54) is 17.0 Å². The standard InChI is InChI=1S/C23H23N5O3/c1-14-12-20(29)26-22(24-14)28-19(13-17(27-28)18-6-5-11-31-18)25-21(30)15-7-9-16(10-8-15)23(2,3)4/h5-13H,1-4H3,(H,25,30)(H,24,26,29). The lowest BCUT2D eigenvalue weighted by molar-refractivity contribution is 0.102. The molecule has 0 atom stereocenters. The first-order valence-electron chi connectivity index (χ1n) is 9.85. The van der Waals surface area contributed by atoms with Crippen LogP contribution < -0.4 is 10.9 Å². The lowest BCUT2D eigenvalue weighted by atomic mass is 9.87. The van der Waals surface area contributed by atoms with E-state index in [1.54, 1.807) is 37.3 Å². The van der Waals surface area contributed by atoms with E-state index in [1.807, 2.05) is 12.1 Å². The summed E-state index contributed by atoms with van der Waals surface area (Å²) in [5, 5.41) is 7.34. The molecule has 0 unspecified atom stereocenters. The van der Waals surface area contributed by atoms with Gasteiger partial charge in [0, 0.05) is 23.4 Å². The zero-order chi connectivity index (χ0) is 22.2. The number of hydrogen-bond donors (Lipinski definition) is 2. The highest BCUT2D eigenvalue weighted by molar-refractivity contribution is 6.04. The molecule has 8 heteroatoms. The third kappa shape index (κ3) is 4.32. The predicted octanol–water partition coefficient (Wildman–Crippen LogP) is 4.07. The van der Waals surface area contributed by atoms with Gasteiger partial charge >= 0.3 is 0 Å². The summed E-state index contributed by atoms with van der Waals surface area (Å²) in [6.45, 7) is 8.07. The number of aryl methyl sites for hydroxylation is 1.